The maximum Gasteiger partial charge on any atom is 0.228 e. The molecule has 1 unspecified atom stereocenters. The van der Waals surface area contributed by atoms with Crippen molar-refractivity contribution >= 4 is 11.3 Å². The van der Waals surface area contributed by atoms with E-state index in [4.69, 9.17) is 4.52 Å². The van der Waals surface area contributed by atoms with Crippen molar-refractivity contribution in [1.29, 1.82) is 0 Å². The van der Waals surface area contributed by atoms with Crippen molar-refractivity contribution < 1.29 is 4.52 Å². The van der Waals surface area contributed by atoms with Gasteiger partial charge in [0.25, 0.3) is 0 Å². The summed E-state index contributed by atoms with van der Waals surface area (Å²) in [4.78, 5) is 8.60. The molecule has 6 heteroatoms. The number of nitrogens with zero attached hydrogens (tertiary/aromatic N) is 3. The second-order valence-corrected chi connectivity index (χ2v) is 6.28. The molecule has 104 valence electrons. The lowest BCUT2D eigenvalue weighted by Gasteiger charge is -2.30. The van der Waals surface area contributed by atoms with Gasteiger partial charge in [-0.2, -0.15) is 4.98 Å². The summed E-state index contributed by atoms with van der Waals surface area (Å²) in [5.41, 5.74) is 2.68. The molecule has 5 nitrogen and oxygen atoms in total. The minimum Gasteiger partial charge on any atom is -0.339 e. The van der Waals surface area contributed by atoms with E-state index in [0.29, 0.717) is 17.8 Å². The summed E-state index contributed by atoms with van der Waals surface area (Å²) in [6.07, 6.45) is 0.731. The predicted molar refractivity (Wildman–Crippen MR) is 76.0 cm³/mol. The molecule has 2 aromatic heterocycles. The molecule has 0 aliphatic heterocycles. The summed E-state index contributed by atoms with van der Waals surface area (Å²) in [5, 5.41) is 9.37. The van der Waals surface area contributed by atoms with Gasteiger partial charge in [-0.05, 0) is 12.0 Å². The Balaban J connectivity index is 2.10. The number of rotatable bonds is 5. The van der Waals surface area contributed by atoms with E-state index in [1.165, 1.54) is 11.3 Å². The smallest absolute Gasteiger partial charge is 0.228 e. The number of hydrogen-bond acceptors (Lipinski definition) is 6. The highest BCUT2D eigenvalue weighted by molar-refractivity contribution is 7.07. The van der Waals surface area contributed by atoms with Gasteiger partial charge in [-0.25, -0.2) is 4.98 Å². The Labute approximate surface area is 117 Å². The Morgan fingerprint density at radius 2 is 2.21 bits per heavy atom. The first-order chi connectivity index (χ1) is 9.00. The van der Waals surface area contributed by atoms with Crippen LogP contribution < -0.4 is 5.32 Å². The third-order valence-electron chi connectivity index (χ3n) is 3.00. The molecule has 0 spiro atoms. The minimum absolute atomic E-state index is 0.144. The van der Waals surface area contributed by atoms with E-state index in [-0.39, 0.29) is 5.41 Å². The summed E-state index contributed by atoms with van der Waals surface area (Å²) in [5.74, 6) is 1.23. The second kappa shape index (κ2) is 5.79. The fourth-order valence-electron chi connectivity index (χ4n) is 1.87. The van der Waals surface area contributed by atoms with Crippen molar-refractivity contribution in [2.24, 2.45) is 5.41 Å². The molecule has 0 aliphatic rings. The highest BCUT2D eigenvalue weighted by Gasteiger charge is 2.26. The molecule has 2 heterocycles. The van der Waals surface area contributed by atoms with Crippen molar-refractivity contribution in [3.8, 4) is 11.5 Å². The van der Waals surface area contributed by atoms with E-state index in [9.17, 15) is 0 Å². The zero-order valence-corrected chi connectivity index (χ0v) is 12.6. The molecule has 0 aliphatic carbocycles. The average Bonchev–Trinajstić information content (AvgIpc) is 2.97. The predicted octanol–water partition coefficient (Wildman–Crippen LogP) is 2.76. The van der Waals surface area contributed by atoms with Crippen LogP contribution in [0.25, 0.3) is 11.5 Å². The SMILES string of the molecule is CCNC(Cc1nc(-c2cscn2)no1)C(C)(C)C. The lowest BCUT2D eigenvalue weighted by Crippen LogP contribution is -2.41. The van der Waals surface area contributed by atoms with E-state index < -0.39 is 0 Å². The van der Waals surface area contributed by atoms with Gasteiger partial charge >= 0.3 is 0 Å². The van der Waals surface area contributed by atoms with Crippen LogP contribution in [0.15, 0.2) is 15.4 Å². The molecule has 1 atom stereocenters. The van der Waals surface area contributed by atoms with Gasteiger partial charge in [0.05, 0.1) is 5.51 Å². The largest absolute Gasteiger partial charge is 0.339 e. The topological polar surface area (TPSA) is 63.8 Å². The highest BCUT2D eigenvalue weighted by Crippen LogP contribution is 2.23. The quantitative estimate of drug-likeness (QED) is 0.912. The van der Waals surface area contributed by atoms with Gasteiger partial charge in [0.1, 0.15) is 5.69 Å². The Bertz CT molecular complexity index is 501. The maximum absolute atomic E-state index is 5.32. The molecule has 0 radical (unpaired) electrons. The van der Waals surface area contributed by atoms with E-state index in [0.717, 1.165) is 18.7 Å². The van der Waals surface area contributed by atoms with Crippen LogP contribution >= 0.6 is 11.3 Å². The third kappa shape index (κ3) is 3.61. The van der Waals surface area contributed by atoms with Crippen molar-refractivity contribution in [2.45, 2.75) is 40.2 Å². The van der Waals surface area contributed by atoms with Crippen LogP contribution in [0.3, 0.4) is 0 Å². The molecule has 0 saturated carbocycles. The summed E-state index contributed by atoms with van der Waals surface area (Å²) in [6.45, 7) is 9.65. The zero-order chi connectivity index (χ0) is 13.9. The number of likely N-dealkylation sites (N-methyl/N-ethyl adjacent to an activating group) is 1. The van der Waals surface area contributed by atoms with Crippen LogP contribution in [0.4, 0.5) is 0 Å². The Kier molecular flexibility index (Phi) is 4.31. The normalized spacial score (nSPS) is 13.7. The van der Waals surface area contributed by atoms with Crippen molar-refractivity contribution in [1.82, 2.24) is 20.4 Å². The van der Waals surface area contributed by atoms with Gasteiger partial charge in [0, 0.05) is 17.8 Å². The summed E-state index contributed by atoms with van der Waals surface area (Å²) < 4.78 is 5.32. The molecule has 2 aromatic rings. The van der Waals surface area contributed by atoms with Crippen molar-refractivity contribution in [3.05, 3.63) is 16.8 Å². The van der Waals surface area contributed by atoms with Crippen LogP contribution in [0, 0.1) is 5.41 Å². The molecule has 0 fully saturated rings. The fraction of sp³-hybridized carbons (Fsp3) is 0.615. The average molecular weight is 280 g/mol. The second-order valence-electron chi connectivity index (χ2n) is 5.57. The van der Waals surface area contributed by atoms with E-state index >= 15 is 0 Å². The first-order valence-corrected chi connectivity index (χ1v) is 7.39. The van der Waals surface area contributed by atoms with Crippen LogP contribution in [-0.4, -0.2) is 27.7 Å². The monoisotopic (exact) mass is 280 g/mol. The first-order valence-electron chi connectivity index (χ1n) is 6.45. The standard InChI is InChI=1S/C13H20N4OS/c1-5-14-10(13(2,3)4)6-11-16-12(17-18-11)9-7-19-8-15-9/h7-8,10,14H,5-6H2,1-4H3. The lowest BCUT2D eigenvalue weighted by molar-refractivity contribution is 0.247. The Morgan fingerprint density at radius 1 is 1.42 bits per heavy atom. The molecule has 2 rings (SSSR count). The lowest BCUT2D eigenvalue weighted by atomic mass is 9.84. The van der Waals surface area contributed by atoms with E-state index in [2.05, 4.69) is 48.1 Å². The van der Waals surface area contributed by atoms with Crippen LogP contribution in [-0.2, 0) is 6.42 Å². The Hall–Kier alpha value is -1.27. The van der Waals surface area contributed by atoms with Gasteiger partial charge in [-0.3, -0.25) is 0 Å². The first kappa shape index (κ1) is 14.1. The molecule has 0 saturated heterocycles. The molecule has 1 N–H and O–H groups in total. The van der Waals surface area contributed by atoms with Gasteiger partial charge < -0.3 is 9.84 Å². The molecule has 19 heavy (non-hydrogen) atoms. The summed E-state index contributed by atoms with van der Waals surface area (Å²) >= 11 is 1.52. The van der Waals surface area contributed by atoms with Crippen LogP contribution in [0.2, 0.25) is 0 Å². The molecule has 0 aromatic carbocycles. The molecular weight excluding hydrogens is 260 g/mol. The Morgan fingerprint density at radius 3 is 2.79 bits per heavy atom. The fourth-order valence-corrected chi connectivity index (χ4v) is 2.40. The summed E-state index contributed by atoms with van der Waals surface area (Å²) in [7, 11) is 0. The maximum atomic E-state index is 5.32. The van der Waals surface area contributed by atoms with Gasteiger partial charge in [0.15, 0.2) is 0 Å². The van der Waals surface area contributed by atoms with Gasteiger partial charge in [0.2, 0.25) is 11.7 Å². The van der Waals surface area contributed by atoms with E-state index in [1.807, 2.05) is 5.38 Å². The minimum atomic E-state index is 0.144. The third-order valence-corrected chi connectivity index (χ3v) is 3.59. The molecule has 0 amide bonds. The highest BCUT2D eigenvalue weighted by atomic mass is 32.1. The van der Waals surface area contributed by atoms with Gasteiger partial charge in [-0.15, -0.1) is 11.3 Å². The number of hydrogen-bond donors (Lipinski definition) is 1. The summed E-state index contributed by atoms with van der Waals surface area (Å²) in [6, 6.07) is 0.307. The number of aromatic nitrogens is 3. The molecule has 0 bridgehead atoms. The van der Waals surface area contributed by atoms with Crippen molar-refractivity contribution in [3.63, 3.8) is 0 Å². The van der Waals surface area contributed by atoms with Crippen LogP contribution in [0.5, 0.6) is 0 Å². The molecular formula is C13H20N4OS. The number of thiazole rings is 1. The van der Waals surface area contributed by atoms with Crippen LogP contribution in [0.1, 0.15) is 33.6 Å². The van der Waals surface area contributed by atoms with Crippen molar-refractivity contribution in [2.75, 3.05) is 6.54 Å². The van der Waals surface area contributed by atoms with E-state index in [1.54, 1.807) is 5.51 Å². The van der Waals surface area contributed by atoms with Gasteiger partial charge in [-0.1, -0.05) is 32.9 Å². The zero-order valence-electron chi connectivity index (χ0n) is 11.8. The number of nitrogens with one attached hydrogen (secondary N) is 1.